The minimum absolute atomic E-state index is 0.122. The van der Waals surface area contributed by atoms with Gasteiger partial charge in [0.2, 0.25) is 0 Å². The van der Waals surface area contributed by atoms with E-state index in [1.54, 1.807) is 13.0 Å². The van der Waals surface area contributed by atoms with E-state index >= 15 is 4.39 Å². The summed E-state index contributed by atoms with van der Waals surface area (Å²) in [6.45, 7) is 5.42. The van der Waals surface area contributed by atoms with Gasteiger partial charge in [-0.3, -0.25) is 4.79 Å². The highest BCUT2D eigenvalue weighted by Gasteiger charge is 2.41. The van der Waals surface area contributed by atoms with Crippen LogP contribution in [0.2, 0.25) is 5.02 Å². The average molecular weight is 439 g/mol. The van der Waals surface area contributed by atoms with E-state index in [4.69, 9.17) is 26.2 Å². The SMILES string of the molecule is CCc1c(CCC(=O)O)ccc(OC(O)(O)c2cc(Cl)cc3c2OC(C)(C)C3)c1F. The monoisotopic (exact) mass is 438 g/mol. The number of aliphatic carboxylic acids is 1. The Kier molecular flexibility index (Phi) is 6.00. The van der Waals surface area contributed by atoms with E-state index in [2.05, 4.69) is 0 Å². The van der Waals surface area contributed by atoms with Gasteiger partial charge in [0.15, 0.2) is 11.6 Å². The van der Waals surface area contributed by atoms with Crippen LogP contribution < -0.4 is 9.47 Å². The molecule has 0 saturated heterocycles. The van der Waals surface area contributed by atoms with E-state index in [-0.39, 0.29) is 46.9 Å². The van der Waals surface area contributed by atoms with Gasteiger partial charge in [0.05, 0.1) is 5.56 Å². The number of rotatable bonds is 7. The maximum absolute atomic E-state index is 15.0. The summed E-state index contributed by atoms with van der Waals surface area (Å²) in [5.41, 5.74) is 0.795. The number of ether oxygens (including phenoxy) is 2. The van der Waals surface area contributed by atoms with E-state index in [1.807, 2.05) is 13.8 Å². The van der Waals surface area contributed by atoms with Crippen molar-refractivity contribution in [3.63, 3.8) is 0 Å². The van der Waals surface area contributed by atoms with E-state index in [0.717, 1.165) is 0 Å². The summed E-state index contributed by atoms with van der Waals surface area (Å²) in [7, 11) is 0. The third kappa shape index (κ3) is 4.53. The fourth-order valence-electron chi connectivity index (χ4n) is 3.70. The van der Waals surface area contributed by atoms with Gasteiger partial charge in [-0.2, -0.15) is 0 Å². The Labute approximate surface area is 178 Å². The van der Waals surface area contributed by atoms with Crippen molar-refractivity contribution in [3.05, 3.63) is 57.4 Å². The van der Waals surface area contributed by atoms with Crippen molar-refractivity contribution < 1.29 is 34.0 Å². The Bertz CT molecular complexity index is 986. The quantitative estimate of drug-likeness (QED) is 0.566. The molecule has 0 bridgehead atoms. The molecule has 0 aliphatic carbocycles. The summed E-state index contributed by atoms with van der Waals surface area (Å²) < 4.78 is 26.1. The number of aliphatic hydroxyl groups is 2. The van der Waals surface area contributed by atoms with Gasteiger partial charge in [0, 0.05) is 23.4 Å². The van der Waals surface area contributed by atoms with Crippen LogP contribution >= 0.6 is 11.6 Å². The zero-order valence-corrected chi connectivity index (χ0v) is 17.7. The van der Waals surface area contributed by atoms with Crippen molar-refractivity contribution in [3.8, 4) is 11.5 Å². The first-order valence-corrected chi connectivity index (χ1v) is 9.99. The number of fused-ring (bicyclic) bond motifs is 1. The fraction of sp³-hybridized carbons (Fsp3) is 0.409. The highest BCUT2D eigenvalue weighted by Crippen LogP contribution is 2.44. The molecule has 0 unspecified atom stereocenters. The molecule has 0 atom stereocenters. The Morgan fingerprint density at radius 1 is 1.33 bits per heavy atom. The van der Waals surface area contributed by atoms with Crippen LogP contribution in [0.3, 0.4) is 0 Å². The highest BCUT2D eigenvalue weighted by atomic mass is 35.5. The standard InChI is InChI=1S/C22H24ClFO6/c1-4-15-12(6-8-18(25)26)5-7-17(19(15)24)29-22(27,28)16-10-14(23)9-13-11-21(2,3)30-20(13)16/h5,7,9-10,27-28H,4,6,8,11H2,1-3H3,(H,25,26). The number of hydrogen-bond donors (Lipinski definition) is 3. The minimum atomic E-state index is -2.90. The molecule has 0 fully saturated rings. The zero-order valence-electron chi connectivity index (χ0n) is 17.0. The first-order chi connectivity index (χ1) is 13.9. The number of aryl methyl sites for hydroxylation is 1. The summed E-state index contributed by atoms with van der Waals surface area (Å²) in [6, 6.07) is 5.76. The Morgan fingerprint density at radius 2 is 2.03 bits per heavy atom. The predicted molar refractivity (Wildman–Crippen MR) is 108 cm³/mol. The number of carbonyl (C=O) groups is 1. The molecule has 0 saturated carbocycles. The zero-order chi connectivity index (χ0) is 22.3. The van der Waals surface area contributed by atoms with Crippen molar-refractivity contribution >= 4 is 17.6 Å². The van der Waals surface area contributed by atoms with Gasteiger partial charge in [-0.25, -0.2) is 4.39 Å². The second-order valence-corrected chi connectivity index (χ2v) is 8.39. The van der Waals surface area contributed by atoms with E-state index < -0.39 is 23.4 Å². The molecule has 2 aromatic carbocycles. The topological polar surface area (TPSA) is 96.2 Å². The van der Waals surface area contributed by atoms with Crippen molar-refractivity contribution in [1.29, 1.82) is 0 Å². The van der Waals surface area contributed by atoms with Crippen LogP contribution in [0.15, 0.2) is 24.3 Å². The van der Waals surface area contributed by atoms with Crippen LogP contribution in [0, 0.1) is 5.82 Å². The lowest BCUT2D eigenvalue weighted by molar-refractivity contribution is -0.305. The van der Waals surface area contributed by atoms with Gasteiger partial charge in [0.1, 0.15) is 11.4 Å². The molecule has 3 rings (SSSR count). The summed E-state index contributed by atoms with van der Waals surface area (Å²) in [5, 5.41) is 30.5. The van der Waals surface area contributed by atoms with Crippen molar-refractivity contribution in [2.45, 2.75) is 58.0 Å². The van der Waals surface area contributed by atoms with Crippen LogP contribution in [0.25, 0.3) is 0 Å². The first-order valence-electron chi connectivity index (χ1n) is 9.61. The van der Waals surface area contributed by atoms with Gasteiger partial charge in [-0.15, -0.1) is 0 Å². The molecule has 2 aromatic rings. The normalized spacial score (nSPS) is 14.9. The lowest BCUT2D eigenvalue weighted by Crippen LogP contribution is -2.34. The van der Waals surface area contributed by atoms with Crippen molar-refractivity contribution in [2.24, 2.45) is 0 Å². The molecular formula is C22H24ClFO6. The Morgan fingerprint density at radius 3 is 2.67 bits per heavy atom. The van der Waals surface area contributed by atoms with Crippen LogP contribution in [0.5, 0.6) is 11.5 Å². The predicted octanol–water partition coefficient (Wildman–Crippen LogP) is 3.95. The second-order valence-electron chi connectivity index (χ2n) is 7.95. The largest absolute Gasteiger partial charge is 0.487 e. The summed E-state index contributed by atoms with van der Waals surface area (Å²) in [6.07, 6.45) is 0.812. The number of benzene rings is 2. The summed E-state index contributed by atoms with van der Waals surface area (Å²) >= 11 is 6.14. The summed E-state index contributed by atoms with van der Waals surface area (Å²) in [4.78, 5) is 10.8. The molecular weight excluding hydrogens is 415 g/mol. The lowest BCUT2D eigenvalue weighted by atomic mass is 9.99. The molecule has 162 valence electrons. The second kappa shape index (κ2) is 8.06. The highest BCUT2D eigenvalue weighted by molar-refractivity contribution is 6.30. The maximum atomic E-state index is 15.0. The van der Waals surface area contributed by atoms with Crippen molar-refractivity contribution in [2.75, 3.05) is 0 Å². The molecule has 0 amide bonds. The molecule has 6 nitrogen and oxygen atoms in total. The fourth-order valence-corrected chi connectivity index (χ4v) is 3.94. The first kappa shape index (κ1) is 22.3. The van der Waals surface area contributed by atoms with Gasteiger partial charge in [-0.05, 0) is 56.0 Å². The number of halogens is 2. The molecule has 30 heavy (non-hydrogen) atoms. The minimum Gasteiger partial charge on any atom is -0.487 e. The Balaban J connectivity index is 1.96. The van der Waals surface area contributed by atoms with Crippen LogP contribution in [0.4, 0.5) is 4.39 Å². The van der Waals surface area contributed by atoms with Gasteiger partial charge in [-0.1, -0.05) is 24.6 Å². The Hall–Kier alpha value is -2.35. The number of hydrogen-bond acceptors (Lipinski definition) is 5. The number of carboxylic acid groups (broad SMARTS) is 1. The smallest absolute Gasteiger partial charge is 0.355 e. The van der Waals surface area contributed by atoms with Gasteiger partial charge in [0.25, 0.3) is 0 Å². The molecule has 8 heteroatoms. The molecule has 0 aromatic heterocycles. The molecule has 1 heterocycles. The molecule has 0 radical (unpaired) electrons. The van der Waals surface area contributed by atoms with E-state index in [9.17, 15) is 15.0 Å². The lowest BCUT2D eigenvalue weighted by Gasteiger charge is -2.27. The van der Waals surface area contributed by atoms with Crippen LogP contribution in [-0.2, 0) is 30.0 Å². The van der Waals surface area contributed by atoms with E-state index in [1.165, 1.54) is 18.2 Å². The van der Waals surface area contributed by atoms with E-state index in [0.29, 0.717) is 17.5 Å². The molecule has 0 spiro atoms. The molecule has 3 N–H and O–H groups in total. The van der Waals surface area contributed by atoms with Crippen LogP contribution in [-0.4, -0.2) is 26.9 Å². The third-order valence-corrected chi connectivity index (χ3v) is 5.21. The molecule has 1 aliphatic heterocycles. The maximum Gasteiger partial charge on any atom is 0.355 e. The molecule has 1 aliphatic rings. The number of carboxylic acids is 1. The van der Waals surface area contributed by atoms with Gasteiger partial charge >= 0.3 is 11.9 Å². The summed E-state index contributed by atoms with van der Waals surface area (Å²) in [5.74, 6) is -4.79. The van der Waals surface area contributed by atoms with Crippen molar-refractivity contribution in [1.82, 2.24) is 0 Å². The van der Waals surface area contributed by atoms with Crippen LogP contribution in [0.1, 0.15) is 49.4 Å². The average Bonchev–Trinajstić information content (AvgIpc) is 2.94. The third-order valence-electron chi connectivity index (χ3n) is 4.99. The van der Waals surface area contributed by atoms with Gasteiger partial charge < -0.3 is 24.8 Å².